The van der Waals surface area contributed by atoms with Crippen molar-refractivity contribution in [2.45, 2.75) is 6.04 Å². The minimum absolute atomic E-state index is 0.122. The van der Waals surface area contributed by atoms with E-state index in [1.807, 2.05) is 0 Å². The van der Waals surface area contributed by atoms with Crippen molar-refractivity contribution < 1.29 is 9.18 Å². The van der Waals surface area contributed by atoms with Gasteiger partial charge in [0, 0.05) is 10.6 Å². The molecule has 0 fully saturated rings. The summed E-state index contributed by atoms with van der Waals surface area (Å²) >= 11 is 5.84. The van der Waals surface area contributed by atoms with Crippen LogP contribution in [0.4, 0.5) is 4.39 Å². The summed E-state index contributed by atoms with van der Waals surface area (Å²) in [5.41, 5.74) is 5.32. The molecule has 82 valence electrons. The summed E-state index contributed by atoms with van der Waals surface area (Å²) in [5.74, 6) is -1.16. The van der Waals surface area contributed by atoms with Gasteiger partial charge in [-0.25, -0.2) is 4.39 Å². The Morgan fingerprint density at radius 1 is 1.53 bits per heavy atom. The van der Waals surface area contributed by atoms with Crippen LogP contribution in [0.15, 0.2) is 18.2 Å². The van der Waals surface area contributed by atoms with Gasteiger partial charge >= 0.3 is 0 Å². The number of halogens is 2. The van der Waals surface area contributed by atoms with Gasteiger partial charge in [-0.1, -0.05) is 17.7 Å². The molecule has 1 unspecified atom stereocenters. The fraction of sp³-hybridized carbons (Fsp3) is 0.300. The minimum Gasteiger partial charge on any atom is -0.368 e. The lowest BCUT2D eigenvalue weighted by molar-refractivity contribution is -0.122. The third-order valence-corrected chi connectivity index (χ3v) is 2.39. The Morgan fingerprint density at radius 3 is 2.53 bits per heavy atom. The molecule has 1 amide bonds. The van der Waals surface area contributed by atoms with E-state index in [1.54, 1.807) is 14.1 Å². The molecule has 1 atom stereocenters. The monoisotopic (exact) mass is 230 g/mol. The molecule has 0 heterocycles. The summed E-state index contributed by atoms with van der Waals surface area (Å²) in [6.07, 6.45) is 0. The van der Waals surface area contributed by atoms with Crippen LogP contribution >= 0.6 is 11.6 Å². The van der Waals surface area contributed by atoms with E-state index in [9.17, 15) is 9.18 Å². The number of nitrogens with zero attached hydrogens (tertiary/aromatic N) is 1. The van der Waals surface area contributed by atoms with Crippen LogP contribution in [0.5, 0.6) is 0 Å². The third-order valence-electron chi connectivity index (χ3n) is 2.06. The van der Waals surface area contributed by atoms with Crippen molar-refractivity contribution >= 4 is 17.5 Å². The zero-order chi connectivity index (χ0) is 11.6. The molecule has 0 saturated heterocycles. The van der Waals surface area contributed by atoms with E-state index in [0.717, 1.165) is 0 Å². The zero-order valence-electron chi connectivity index (χ0n) is 8.50. The van der Waals surface area contributed by atoms with Crippen LogP contribution < -0.4 is 5.73 Å². The molecule has 0 aromatic heterocycles. The topological polar surface area (TPSA) is 46.3 Å². The summed E-state index contributed by atoms with van der Waals surface area (Å²) in [6, 6.07) is 3.41. The molecule has 3 nitrogen and oxygen atoms in total. The second kappa shape index (κ2) is 4.59. The molecule has 0 aliphatic rings. The fourth-order valence-electron chi connectivity index (χ4n) is 1.43. The van der Waals surface area contributed by atoms with E-state index in [1.165, 1.54) is 23.1 Å². The molecule has 0 spiro atoms. The lowest BCUT2D eigenvalue weighted by Crippen LogP contribution is -2.33. The summed E-state index contributed by atoms with van der Waals surface area (Å²) in [7, 11) is 3.27. The van der Waals surface area contributed by atoms with Crippen molar-refractivity contribution in [2.24, 2.45) is 5.73 Å². The Hall–Kier alpha value is -1.13. The molecule has 0 saturated carbocycles. The number of benzene rings is 1. The number of rotatable bonds is 3. The minimum atomic E-state index is -0.848. The molecule has 0 aliphatic carbocycles. The highest BCUT2D eigenvalue weighted by atomic mass is 35.5. The van der Waals surface area contributed by atoms with Crippen molar-refractivity contribution in [3.05, 3.63) is 34.6 Å². The number of nitrogens with two attached hydrogens (primary N) is 1. The number of likely N-dealkylation sites (N-methyl/N-ethyl adjacent to an activating group) is 1. The average Bonchev–Trinajstić information content (AvgIpc) is 2.09. The van der Waals surface area contributed by atoms with Crippen LogP contribution in [0.25, 0.3) is 0 Å². The number of primary amides is 1. The van der Waals surface area contributed by atoms with Gasteiger partial charge in [-0.3, -0.25) is 9.69 Å². The Kier molecular flexibility index (Phi) is 3.66. The van der Waals surface area contributed by atoms with Crippen molar-refractivity contribution in [3.8, 4) is 0 Å². The van der Waals surface area contributed by atoms with Gasteiger partial charge < -0.3 is 5.73 Å². The zero-order valence-corrected chi connectivity index (χ0v) is 9.25. The molecule has 1 aromatic carbocycles. The standard InChI is InChI=1S/C10H12ClFN2O/c1-14(2)9(10(13)15)8-6(11)4-3-5-7(8)12/h3-5,9H,1-2H3,(H2,13,15). The van der Waals surface area contributed by atoms with E-state index in [2.05, 4.69) is 0 Å². The van der Waals surface area contributed by atoms with Crippen molar-refractivity contribution in [1.82, 2.24) is 4.90 Å². The van der Waals surface area contributed by atoms with Crippen LogP contribution in [-0.2, 0) is 4.79 Å². The highest BCUT2D eigenvalue weighted by molar-refractivity contribution is 6.31. The van der Waals surface area contributed by atoms with Crippen molar-refractivity contribution in [1.29, 1.82) is 0 Å². The first-order valence-corrected chi connectivity index (χ1v) is 4.72. The van der Waals surface area contributed by atoms with Gasteiger partial charge in [-0.05, 0) is 26.2 Å². The normalized spacial score (nSPS) is 12.9. The van der Waals surface area contributed by atoms with Crippen LogP contribution in [0.1, 0.15) is 11.6 Å². The van der Waals surface area contributed by atoms with Crippen molar-refractivity contribution in [2.75, 3.05) is 14.1 Å². The van der Waals surface area contributed by atoms with E-state index < -0.39 is 17.8 Å². The molecule has 15 heavy (non-hydrogen) atoms. The maximum absolute atomic E-state index is 13.5. The second-order valence-electron chi connectivity index (χ2n) is 3.40. The highest BCUT2D eigenvalue weighted by Crippen LogP contribution is 2.28. The molecule has 5 heteroatoms. The van der Waals surface area contributed by atoms with Gasteiger partial charge in [-0.2, -0.15) is 0 Å². The average molecular weight is 231 g/mol. The maximum Gasteiger partial charge on any atom is 0.239 e. The maximum atomic E-state index is 13.5. The van der Waals surface area contributed by atoms with Crippen LogP contribution in [0.2, 0.25) is 5.02 Å². The van der Waals surface area contributed by atoms with Gasteiger partial charge in [0.1, 0.15) is 11.9 Å². The third kappa shape index (κ3) is 2.46. The SMILES string of the molecule is CN(C)C(C(N)=O)c1c(F)cccc1Cl. The molecular formula is C10H12ClFN2O. The van der Waals surface area contributed by atoms with Gasteiger partial charge in [0.05, 0.1) is 0 Å². The summed E-state index contributed by atoms with van der Waals surface area (Å²) in [6.45, 7) is 0. The summed E-state index contributed by atoms with van der Waals surface area (Å²) < 4.78 is 13.5. The predicted octanol–water partition coefficient (Wildman–Crippen LogP) is 1.57. The van der Waals surface area contributed by atoms with E-state index in [0.29, 0.717) is 0 Å². The van der Waals surface area contributed by atoms with Crippen LogP contribution in [-0.4, -0.2) is 24.9 Å². The number of amides is 1. The first kappa shape index (κ1) is 11.9. The molecule has 0 aliphatic heterocycles. The van der Waals surface area contributed by atoms with Gasteiger partial charge in [-0.15, -0.1) is 0 Å². The van der Waals surface area contributed by atoms with Gasteiger partial charge in [0.2, 0.25) is 5.91 Å². The Morgan fingerprint density at radius 2 is 2.13 bits per heavy atom. The smallest absolute Gasteiger partial charge is 0.239 e. The molecule has 0 bridgehead atoms. The second-order valence-corrected chi connectivity index (χ2v) is 3.81. The van der Waals surface area contributed by atoms with E-state index in [4.69, 9.17) is 17.3 Å². The van der Waals surface area contributed by atoms with Gasteiger partial charge in [0.25, 0.3) is 0 Å². The summed E-state index contributed by atoms with van der Waals surface area (Å²) in [4.78, 5) is 12.7. The largest absolute Gasteiger partial charge is 0.368 e. The van der Waals surface area contributed by atoms with Crippen LogP contribution in [0, 0.1) is 5.82 Å². The van der Waals surface area contributed by atoms with Crippen molar-refractivity contribution in [3.63, 3.8) is 0 Å². The lowest BCUT2D eigenvalue weighted by Gasteiger charge is -2.22. The molecule has 1 aromatic rings. The Bertz CT molecular complexity index is 361. The van der Waals surface area contributed by atoms with Crippen LogP contribution in [0.3, 0.4) is 0 Å². The molecule has 1 rings (SSSR count). The molecular weight excluding hydrogens is 219 g/mol. The fourth-order valence-corrected chi connectivity index (χ4v) is 1.69. The van der Waals surface area contributed by atoms with Gasteiger partial charge in [0.15, 0.2) is 0 Å². The predicted molar refractivity (Wildman–Crippen MR) is 57.0 cm³/mol. The number of hydrogen-bond acceptors (Lipinski definition) is 2. The number of carbonyl (C=O) groups excluding carboxylic acids is 1. The highest BCUT2D eigenvalue weighted by Gasteiger charge is 2.25. The summed E-state index contributed by atoms with van der Waals surface area (Å²) in [5, 5.41) is 0.201. The number of hydrogen-bond donors (Lipinski definition) is 1. The van der Waals surface area contributed by atoms with E-state index >= 15 is 0 Å². The lowest BCUT2D eigenvalue weighted by atomic mass is 10.0. The Balaban J connectivity index is 3.28. The Labute approximate surface area is 92.6 Å². The first-order chi connectivity index (χ1) is 6.95. The first-order valence-electron chi connectivity index (χ1n) is 4.34. The number of carbonyl (C=O) groups is 1. The molecule has 2 N–H and O–H groups in total. The molecule has 0 radical (unpaired) electrons. The quantitative estimate of drug-likeness (QED) is 0.857. The van der Waals surface area contributed by atoms with E-state index in [-0.39, 0.29) is 10.6 Å².